The van der Waals surface area contributed by atoms with Gasteiger partial charge in [0.25, 0.3) is 0 Å². The lowest BCUT2D eigenvalue weighted by Crippen LogP contribution is -2.00. The molecule has 20 heavy (non-hydrogen) atoms. The number of rotatable bonds is 7. The van der Waals surface area contributed by atoms with E-state index in [1.165, 1.54) is 38.2 Å². The summed E-state index contributed by atoms with van der Waals surface area (Å²) in [5.41, 5.74) is 8.09. The normalized spacial score (nSPS) is 11.1. The molecule has 2 aromatic rings. The molecular formula is C17H23NO2. The van der Waals surface area contributed by atoms with E-state index in [1.807, 2.05) is 12.1 Å². The average Bonchev–Trinajstić information content (AvgIpc) is 2.44. The maximum absolute atomic E-state index is 11.4. The summed E-state index contributed by atoms with van der Waals surface area (Å²) in [6.45, 7) is 2.22. The molecule has 0 fully saturated rings. The fraction of sp³-hybridized carbons (Fsp3) is 0.471. The summed E-state index contributed by atoms with van der Waals surface area (Å²) in [6, 6.07) is 7.05. The Hall–Kier alpha value is -1.77. The van der Waals surface area contributed by atoms with Crippen molar-refractivity contribution in [1.29, 1.82) is 0 Å². The van der Waals surface area contributed by atoms with E-state index in [0.717, 1.165) is 29.5 Å². The topological polar surface area (TPSA) is 56.2 Å². The first-order valence-electron chi connectivity index (χ1n) is 7.53. The van der Waals surface area contributed by atoms with Crippen LogP contribution in [-0.2, 0) is 6.42 Å². The van der Waals surface area contributed by atoms with Gasteiger partial charge in [-0.3, -0.25) is 0 Å². The molecule has 0 aliphatic heterocycles. The van der Waals surface area contributed by atoms with Crippen LogP contribution in [-0.4, -0.2) is 0 Å². The first-order chi connectivity index (χ1) is 9.72. The molecule has 1 aromatic carbocycles. The van der Waals surface area contributed by atoms with Crippen LogP contribution in [0.2, 0.25) is 0 Å². The number of anilines is 1. The summed E-state index contributed by atoms with van der Waals surface area (Å²) in [5.74, 6) is 0. The Balaban J connectivity index is 2.06. The molecule has 1 aromatic heterocycles. The van der Waals surface area contributed by atoms with Crippen molar-refractivity contribution in [2.45, 2.75) is 51.9 Å². The summed E-state index contributed by atoms with van der Waals surface area (Å²) in [5, 5.41) is 0.944. The van der Waals surface area contributed by atoms with Crippen molar-refractivity contribution in [3.05, 3.63) is 40.2 Å². The van der Waals surface area contributed by atoms with Crippen LogP contribution in [0.4, 0.5) is 5.69 Å². The van der Waals surface area contributed by atoms with Crippen LogP contribution in [0.5, 0.6) is 0 Å². The number of benzene rings is 1. The van der Waals surface area contributed by atoms with Gasteiger partial charge in [-0.2, -0.15) is 0 Å². The smallest absolute Gasteiger partial charge is 0.336 e. The van der Waals surface area contributed by atoms with Crippen LogP contribution in [0, 0.1) is 0 Å². The molecule has 0 aliphatic carbocycles. The number of aryl methyl sites for hydroxylation is 1. The third-order valence-corrected chi connectivity index (χ3v) is 3.71. The van der Waals surface area contributed by atoms with Gasteiger partial charge in [0.05, 0.1) is 0 Å². The Bertz CT molecular complexity index is 616. The van der Waals surface area contributed by atoms with Gasteiger partial charge in [0.15, 0.2) is 0 Å². The predicted octanol–water partition coefficient (Wildman–Crippen LogP) is 4.28. The minimum Gasteiger partial charge on any atom is -0.422 e. The van der Waals surface area contributed by atoms with Crippen molar-refractivity contribution in [1.82, 2.24) is 0 Å². The standard InChI is InChI=1S/C17H23NO2/c1-2-3-4-5-6-7-8-14-15(18)11-9-13-10-12-16(19)20-17(13)14/h9-12H,2-8,18H2,1H3. The third kappa shape index (κ3) is 3.62. The Morgan fingerprint density at radius 3 is 2.50 bits per heavy atom. The molecule has 108 valence electrons. The van der Waals surface area contributed by atoms with Gasteiger partial charge >= 0.3 is 5.63 Å². The van der Waals surface area contributed by atoms with Crippen molar-refractivity contribution in [2.75, 3.05) is 5.73 Å². The number of nitrogens with two attached hydrogens (primary N) is 1. The van der Waals surface area contributed by atoms with E-state index < -0.39 is 0 Å². The summed E-state index contributed by atoms with van der Waals surface area (Å²) < 4.78 is 5.33. The molecule has 3 heteroatoms. The largest absolute Gasteiger partial charge is 0.422 e. The molecule has 0 amide bonds. The maximum atomic E-state index is 11.4. The molecule has 0 aliphatic rings. The Labute approximate surface area is 119 Å². The minimum atomic E-state index is -0.313. The van der Waals surface area contributed by atoms with Crippen molar-refractivity contribution >= 4 is 16.7 Å². The highest BCUT2D eigenvalue weighted by Gasteiger charge is 2.08. The number of hydrogen-bond donors (Lipinski definition) is 1. The van der Waals surface area contributed by atoms with Crippen molar-refractivity contribution in [3.8, 4) is 0 Å². The van der Waals surface area contributed by atoms with Crippen molar-refractivity contribution in [2.24, 2.45) is 0 Å². The molecule has 1 heterocycles. The first-order valence-corrected chi connectivity index (χ1v) is 7.53. The highest BCUT2D eigenvalue weighted by Crippen LogP contribution is 2.25. The molecule has 2 N–H and O–H groups in total. The Kier molecular flexibility index (Phi) is 5.22. The number of nitrogen functional groups attached to an aromatic ring is 1. The molecule has 0 bridgehead atoms. The molecule has 0 radical (unpaired) electrons. The molecule has 0 saturated carbocycles. The van der Waals surface area contributed by atoms with E-state index in [-0.39, 0.29) is 5.63 Å². The zero-order valence-electron chi connectivity index (χ0n) is 12.2. The van der Waals surface area contributed by atoms with E-state index >= 15 is 0 Å². The van der Waals surface area contributed by atoms with Crippen LogP contribution >= 0.6 is 0 Å². The van der Waals surface area contributed by atoms with E-state index in [2.05, 4.69) is 6.92 Å². The lowest BCUT2D eigenvalue weighted by molar-refractivity contribution is 0.553. The summed E-state index contributed by atoms with van der Waals surface area (Å²) >= 11 is 0. The van der Waals surface area contributed by atoms with Crippen LogP contribution in [0.1, 0.15) is 51.0 Å². The summed E-state index contributed by atoms with van der Waals surface area (Å²) in [4.78, 5) is 11.4. The van der Waals surface area contributed by atoms with E-state index in [0.29, 0.717) is 5.58 Å². The van der Waals surface area contributed by atoms with Gasteiger partial charge in [0, 0.05) is 22.7 Å². The van der Waals surface area contributed by atoms with Crippen LogP contribution in [0.3, 0.4) is 0 Å². The molecule has 0 atom stereocenters. The van der Waals surface area contributed by atoms with Crippen LogP contribution < -0.4 is 11.4 Å². The highest BCUT2D eigenvalue weighted by molar-refractivity contribution is 5.84. The maximum Gasteiger partial charge on any atom is 0.336 e. The van der Waals surface area contributed by atoms with Crippen molar-refractivity contribution < 1.29 is 4.42 Å². The number of hydrogen-bond acceptors (Lipinski definition) is 3. The molecule has 2 rings (SSSR count). The van der Waals surface area contributed by atoms with E-state index in [4.69, 9.17) is 10.2 Å². The molecule has 0 unspecified atom stereocenters. The molecular weight excluding hydrogens is 250 g/mol. The predicted molar refractivity (Wildman–Crippen MR) is 84.0 cm³/mol. The summed E-state index contributed by atoms with van der Waals surface area (Å²) in [7, 11) is 0. The second-order valence-corrected chi connectivity index (χ2v) is 5.32. The average molecular weight is 273 g/mol. The van der Waals surface area contributed by atoms with Gasteiger partial charge in [-0.1, -0.05) is 39.0 Å². The van der Waals surface area contributed by atoms with Gasteiger partial charge in [0.2, 0.25) is 0 Å². The van der Waals surface area contributed by atoms with Gasteiger partial charge in [-0.05, 0) is 31.0 Å². The third-order valence-electron chi connectivity index (χ3n) is 3.71. The highest BCUT2D eigenvalue weighted by atomic mass is 16.4. The van der Waals surface area contributed by atoms with Crippen LogP contribution in [0.15, 0.2) is 33.5 Å². The lowest BCUT2D eigenvalue weighted by Gasteiger charge is -2.08. The van der Waals surface area contributed by atoms with Gasteiger partial charge < -0.3 is 10.2 Å². The fourth-order valence-corrected chi connectivity index (χ4v) is 2.55. The van der Waals surface area contributed by atoms with E-state index in [1.54, 1.807) is 6.07 Å². The van der Waals surface area contributed by atoms with E-state index in [9.17, 15) is 4.79 Å². The first kappa shape index (κ1) is 14.6. The second kappa shape index (κ2) is 7.13. The molecule has 3 nitrogen and oxygen atoms in total. The second-order valence-electron chi connectivity index (χ2n) is 5.32. The van der Waals surface area contributed by atoms with Crippen LogP contribution in [0.25, 0.3) is 11.0 Å². The van der Waals surface area contributed by atoms with Gasteiger partial charge in [0.1, 0.15) is 5.58 Å². The number of unbranched alkanes of at least 4 members (excludes halogenated alkanes) is 5. The van der Waals surface area contributed by atoms with Crippen molar-refractivity contribution in [3.63, 3.8) is 0 Å². The molecule has 0 spiro atoms. The lowest BCUT2D eigenvalue weighted by atomic mass is 10.0. The van der Waals surface area contributed by atoms with Gasteiger partial charge in [-0.15, -0.1) is 0 Å². The molecule has 0 saturated heterocycles. The monoisotopic (exact) mass is 273 g/mol. The SMILES string of the molecule is CCCCCCCCc1c(N)ccc2ccc(=O)oc12. The zero-order valence-corrected chi connectivity index (χ0v) is 12.2. The summed E-state index contributed by atoms with van der Waals surface area (Å²) in [6.07, 6.45) is 8.31. The fourth-order valence-electron chi connectivity index (χ4n) is 2.55. The van der Waals surface area contributed by atoms with Gasteiger partial charge in [-0.25, -0.2) is 4.79 Å². The zero-order chi connectivity index (χ0) is 14.4. The Morgan fingerprint density at radius 1 is 1.00 bits per heavy atom. The quantitative estimate of drug-likeness (QED) is 0.465. The Morgan fingerprint density at radius 2 is 1.70 bits per heavy atom. The number of fused-ring (bicyclic) bond motifs is 1. The minimum absolute atomic E-state index is 0.313.